The van der Waals surface area contributed by atoms with Gasteiger partial charge in [-0.2, -0.15) is 0 Å². The second kappa shape index (κ2) is 49.6. The normalized spacial score (nSPS) is 50.5. The van der Waals surface area contributed by atoms with Crippen molar-refractivity contribution in [3.05, 3.63) is 12.2 Å². The third-order valence-electron chi connectivity index (χ3n) is 57.4. The van der Waals surface area contributed by atoms with Gasteiger partial charge in [-0.1, -0.05) is 297 Å². The molecule has 58 atom stereocenters. The summed E-state index contributed by atoms with van der Waals surface area (Å²) in [4.78, 5) is 0. The standard InChI is InChI=1S/2C30H55OP.C30H53OP.2C24H43OP/c3*1-8-22(19(2)3)10-9-21(5)24-11-12-25-28-26(14-16-30(24,25)7)29(6)15-13-20(4)17-23(29)18-27(28)31-32;2*1-6-16(3)18-7-8-19-22-20(10-12-24(18,19)5)23(4)11-9-15(2)13-17(23)14-21(22)25-26/h2*19-28H,8-18,32H2,1-7H3;9-10,19-28H,8,11-18,32H2,1-7H3;2*15-22H,6-14,26H2,1-5H3/b;;10-9+;;/t3*20-,21-,22-,23+,24-,25?,26?,27?,28+,29+,30-;2*15-,16-,17+,18-,19?,20?,21?,22+,23+,24-/m11111/s1. The molecule has 856 valence electrons. The molecule has 0 N–H and O–H groups in total. The van der Waals surface area contributed by atoms with Crippen LogP contribution in [0.2, 0.25) is 0 Å². The molecule has 148 heavy (non-hydrogen) atoms. The molecule has 0 heterocycles. The second-order valence-corrected chi connectivity index (χ2v) is 65.7. The molecule has 10 heteroatoms. The van der Waals surface area contributed by atoms with Crippen LogP contribution >= 0.6 is 47.3 Å². The molecule has 0 saturated heterocycles. The van der Waals surface area contributed by atoms with Gasteiger partial charge in [0, 0.05) is 47.3 Å². The maximum absolute atomic E-state index is 6.28. The number of hydrogen-bond acceptors (Lipinski definition) is 5. The fourth-order valence-corrected chi connectivity index (χ4v) is 49.3. The van der Waals surface area contributed by atoms with E-state index in [-0.39, 0.29) is 0 Å². The van der Waals surface area contributed by atoms with Crippen LogP contribution in [0.3, 0.4) is 0 Å². The van der Waals surface area contributed by atoms with E-state index in [4.69, 9.17) is 22.6 Å². The topological polar surface area (TPSA) is 46.2 Å². The van der Waals surface area contributed by atoms with E-state index < -0.39 is 0 Å². The van der Waals surface area contributed by atoms with E-state index in [9.17, 15) is 0 Å². The predicted molar refractivity (Wildman–Crippen MR) is 652 cm³/mol. The van der Waals surface area contributed by atoms with Crippen molar-refractivity contribution in [3.63, 3.8) is 0 Å². The first kappa shape index (κ1) is 122. The quantitative estimate of drug-likeness (QED) is 0.0638. The molecule has 0 amide bonds. The average Bonchev–Trinajstić information content (AvgIpc) is 1.49. The molecular formula is C138H249O5P5. The molecule has 0 bridgehead atoms. The molecule has 0 aliphatic heterocycles. The average molecular weight is 2140 g/mol. The Kier molecular flexibility index (Phi) is 40.9. The summed E-state index contributed by atoms with van der Waals surface area (Å²) in [6, 6.07) is 0. The molecule has 20 rings (SSSR count). The van der Waals surface area contributed by atoms with Crippen molar-refractivity contribution in [2.75, 3.05) is 0 Å². The van der Waals surface area contributed by atoms with Crippen molar-refractivity contribution in [2.45, 2.75) is 560 Å². The maximum Gasteiger partial charge on any atom is 0.0647 e. The van der Waals surface area contributed by atoms with E-state index in [1.165, 1.54) is 315 Å². The van der Waals surface area contributed by atoms with Crippen LogP contribution in [0.5, 0.6) is 0 Å². The predicted octanol–water partition coefficient (Wildman–Crippen LogP) is 41.5. The first-order chi connectivity index (χ1) is 70.1. The highest BCUT2D eigenvalue weighted by atomic mass is 31.0. The van der Waals surface area contributed by atoms with Crippen molar-refractivity contribution < 1.29 is 22.6 Å². The highest BCUT2D eigenvalue weighted by Gasteiger charge is 2.71. The Hall–Kier alpha value is 1.69. The molecule has 0 radical (unpaired) electrons. The van der Waals surface area contributed by atoms with Gasteiger partial charge >= 0.3 is 0 Å². The minimum absolute atomic E-state index is 0.466. The molecule has 20 saturated carbocycles. The van der Waals surface area contributed by atoms with Gasteiger partial charge in [-0.25, -0.2) is 0 Å². The van der Waals surface area contributed by atoms with Crippen LogP contribution in [0.25, 0.3) is 0 Å². The van der Waals surface area contributed by atoms with E-state index in [1.807, 2.05) is 0 Å². The van der Waals surface area contributed by atoms with Gasteiger partial charge in [-0.3, -0.25) is 0 Å². The van der Waals surface area contributed by atoms with Crippen LogP contribution < -0.4 is 0 Å². The van der Waals surface area contributed by atoms with Gasteiger partial charge in [0.1, 0.15) is 0 Å². The van der Waals surface area contributed by atoms with Crippen molar-refractivity contribution >= 4 is 47.3 Å². The summed E-state index contributed by atoms with van der Waals surface area (Å²) in [7, 11) is 13.5. The summed E-state index contributed by atoms with van der Waals surface area (Å²) in [5.41, 5.74) is 5.64. The van der Waals surface area contributed by atoms with Gasteiger partial charge in [0.05, 0.1) is 30.5 Å². The molecule has 20 unspecified atom stereocenters. The van der Waals surface area contributed by atoms with Crippen LogP contribution in [0, 0.1) is 297 Å². The summed E-state index contributed by atoms with van der Waals surface area (Å²) < 4.78 is 31.2. The van der Waals surface area contributed by atoms with Gasteiger partial charge in [-0.15, -0.1) is 0 Å². The lowest BCUT2D eigenvalue weighted by Gasteiger charge is -2.63. The Morgan fingerprint density at radius 3 is 0.635 bits per heavy atom. The third kappa shape index (κ3) is 22.8. The smallest absolute Gasteiger partial charge is 0.0647 e. The highest BCUT2D eigenvalue weighted by Crippen LogP contribution is 2.77. The number of allylic oxidation sites excluding steroid dienone is 2. The van der Waals surface area contributed by atoms with Crippen LogP contribution in [-0.4, -0.2) is 30.5 Å². The first-order valence-electron chi connectivity index (χ1n) is 66.6. The number of rotatable bonds is 26. The van der Waals surface area contributed by atoms with Gasteiger partial charge in [-0.05, 0) is 541 Å². The summed E-state index contributed by atoms with van der Waals surface area (Å²) >= 11 is 0. The van der Waals surface area contributed by atoms with E-state index in [2.05, 4.69) is 274 Å². The molecule has 0 aromatic carbocycles. The highest BCUT2D eigenvalue weighted by molar-refractivity contribution is 7.10. The number of fused-ring (bicyclic) bond motifs is 25. The summed E-state index contributed by atoms with van der Waals surface area (Å²) in [6.07, 6.45) is 77.8. The monoisotopic (exact) mass is 2140 g/mol. The van der Waals surface area contributed by atoms with Crippen molar-refractivity contribution in [1.29, 1.82) is 0 Å². The summed E-state index contributed by atoms with van der Waals surface area (Å²) in [5, 5.41) is 0. The molecule has 0 aromatic heterocycles. The van der Waals surface area contributed by atoms with Crippen molar-refractivity contribution in [2.24, 2.45) is 297 Å². The minimum Gasteiger partial charge on any atom is -0.362 e. The van der Waals surface area contributed by atoms with Gasteiger partial charge in [0.25, 0.3) is 0 Å². The van der Waals surface area contributed by atoms with E-state index >= 15 is 0 Å². The largest absolute Gasteiger partial charge is 0.362 e. The summed E-state index contributed by atoms with van der Waals surface area (Å²) in [5.74, 6) is 35.8. The number of hydrogen-bond donors (Lipinski definition) is 0. The van der Waals surface area contributed by atoms with Gasteiger partial charge < -0.3 is 22.6 Å². The van der Waals surface area contributed by atoms with Crippen molar-refractivity contribution in [3.8, 4) is 0 Å². The zero-order chi connectivity index (χ0) is 107. The molecule has 0 aromatic rings. The fraction of sp³-hybridized carbons (Fsp3) is 0.986. The van der Waals surface area contributed by atoms with Crippen LogP contribution in [0.15, 0.2) is 12.2 Å². The third-order valence-corrected chi connectivity index (χ3v) is 59.2. The van der Waals surface area contributed by atoms with E-state index in [0.29, 0.717) is 90.6 Å². The lowest BCUT2D eigenvalue weighted by Crippen LogP contribution is -2.58. The Morgan fingerprint density at radius 2 is 0.432 bits per heavy atom. The van der Waals surface area contributed by atoms with Crippen LogP contribution in [-0.2, 0) is 22.6 Å². The lowest BCUT2D eigenvalue weighted by molar-refractivity contribution is -0.159. The van der Waals surface area contributed by atoms with Gasteiger partial charge in [0.2, 0.25) is 0 Å². The molecule has 0 spiro atoms. The minimum atomic E-state index is 0.466. The zero-order valence-electron chi connectivity index (χ0n) is 103. The molecule has 20 aliphatic carbocycles. The maximum atomic E-state index is 6.28. The van der Waals surface area contributed by atoms with Crippen LogP contribution in [0.4, 0.5) is 0 Å². The molecule has 20 fully saturated rings. The Balaban J connectivity index is 0.000000132. The van der Waals surface area contributed by atoms with Crippen LogP contribution in [0.1, 0.15) is 529 Å². The first-order valence-corrected chi connectivity index (χ1v) is 69.0. The summed E-state index contributed by atoms with van der Waals surface area (Å²) in [6.45, 7) is 78.6. The second-order valence-electron chi connectivity index (χ2n) is 64.3. The van der Waals surface area contributed by atoms with Gasteiger partial charge in [0.15, 0.2) is 0 Å². The van der Waals surface area contributed by atoms with E-state index in [0.717, 1.165) is 237 Å². The fourth-order valence-electron chi connectivity index (χ4n) is 47.8. The SMILES string of the molecule is CC[C@@H](C)[C@H]1CCC2[C@@H]3C(OP)C[C@@H]4C[C@H](C)CC[C@]4(C)C3CC[C@@]21C.CC[C@@H](C)[C@H]1CCC2[C@@H]3C(OP)C[C@@H]4C[C@H](C)CC[C@]4(C)C3CC[C@@]21C.CC[C@H](/C=C/[C@@H](C)[C@H]1CCC2[C@@H]3C(OP)C[C@@H]4C[C@H](C)CC[C@]4(C)C3CC[C@@]21C)C(C)C.CC[C@H](CC[C@@H](C)[C@H]1CCC2[C@@H]3C(OP)C[C@@H]4C[C@H](C)CC[C@]4(C)C3CC[C@@]21C)C(C)C.CC[C@H](CC[C@@H](C)[C@H]1CCC2[C@@H]3C(OP)C[C@@H]4C[C@H](C)CC[C@]4(C)C3CC[C@@]21C)C(C)C. The zero-order valence-corrected chi connectivity index (χ0v) is 109. The lowest BCUT2D eigenvalue weighted by atomic mass is 9.43. The molecular weight excluding hydrogens is 1890 g/mol. The van der Waals surface area contributed by atoms with E-state index in [1.54, 1.807) is 0 Å². The molecule has 5 nitrogen and oxygen atoms in total. The Labute approximate surface area is 932 Å². The van der Waals surface area contributed by atoms with Crippen molar-refractivity contribution in [1.82, 2.24) is 0 Å². The Morgan fingerprint density at radius 1 is 0.223 bits per heavy atom. The Bertz CT molecular complexity index is 3970. The molecule has 20 aliphatic rings.